The Kier molecular flexibility index (Phi) is 5.08. The first kappa shape index (κ1) is 18.2. The largest absolute Gasteiger partial charge is 0.467 e. The minimum atomic E-state index is -0.353. The quantitative estimate of drug-likeness (QED) is 0.736. The maximum absolute atomic E-state index is 13.8. The summed E-state index contributed by atoms with van der Waals surface area (Å²) in [7, 11) is 0. The predicted molar refractivity (Wildman–Crippen MR) is 102 cm³/mol. The van der Waals surface area contributed by atoms with Crippen LogP contribution in [0.2, 0.25) is 0 Å². The van der Waals surface area contributed by atoms with Crippen molar-refractivity contribution in [2.24, 2.45) is 0 Å². The number of carbonyl (C=O) groups excluding carboxylic acids is 1. The van der Waals surface area contributed by atoms with E-state index in [2.05, 4.69) is 5.32 Å². The summed E-state index contributed by atoms with van der Waals surface area (Å²) in [4.78, 5) is 24.3. The molecule has 144 valence electrons. The molecule has 0 radical (unpaired) electrons. The highest BCUT2D eigenvalue weighted by Gasteiger charge is 2.17. The highest BCUT2D eigenvalue weighted by atomic mass is 19.1. The van der Waals surface area contributed by atoms with Gasteiger partial charge in [-0.05, 0) is 36.2 Å². The maximum atomic E-state index is 13.8. The number of carbonyl (C=O) groups is 1. The van der Waals surface area contributed by atoms with Gasteiger partial charge in [-0.15, -0.1) is 0 Å². The number of amides is 1. The zero-order chi connectivity index (χ0) is 19.5. The fourth-order valence-corrected chi connectivity index (χ4v) is 3.39. The first-order chi connectivity index (χ1) is 13.6. The van der Waals surface area contributed by atoms with E-state index in [0.29, 0.717) is 47.4 Å². The average molecular weight is 382 g/mol. The third-order valence-corrected chi connectivity index (χ3v) is 4.67. The molecule has 0 fully saturated rings. The Labute approximate surface area is 160 Å². The van der Waals surface area contributed by atoms with Gasteiger partial charge in [-0.2, -0.15) is 0 Å². The third kappa shape index (κ3) is 3.75. The van der Waals surface area contributed by atoms with E-state index in [1.54, 1.807) is 22.9 Å². The Hall–Kier alpha value is -3.19. The molecule has 0 saturated heterocycles. The van der Waals surface area contributed by atoms with Crippen LogP contribution < -0.4 is 15.5 Å². The van der Waals surface area contributed by atoms with Gasteiger partial charge in [0.05, 0.1) is 12.1 Å². The van der Waals surface area contributed by atoms with Gasteiger partial charge in [-0.1, -0.05) is 12.1 Å². The van der Waals surface area contributed by atoms with Crippen LogP contribution in [-0.4, -0.2) is 23.8 Å². The second-order valence-electron chi connectivity index (χ2n) is 6.59. The minimum absolute atomic E-state index is 0.0767. The van der Waals surface area contributed by atoms with Crippen molar-refractivity contribution in [2.75, 3.05) is 13.3 Å². The first-order valence-corrected chi connectivity index (χ1v) is 8.98. The van der Waals surface area contributed by atoms with E-state index in [4.69, 9.17) is 9.47 Å². The lowest BCUT2D eigenvalue weighted by atomic mass is 10.1. The molecule has 2 heterocycles. The zero-order valence-electron chi connectivity index (χ0n) is 15.1. The SMILES string of the molecule is O=C(Cn1ccc(=O)c2ccccc21)NCCc1cc(F)cc2c1OCOC2. The summed E-state index contributed by atoms with van der Waals surface area (Å²) in [5.41, 5.74) is 2.00. The van der Waals surface area contributed by atoms with Gasteiger partial charge in [0.1, 0.15) is 18.1 Å². The molecule has 7 heteroatoms. The van der Waals surface area contributed by atoms with Crippen LogP contribution in [0.1, 0.15) is 11.1 Å². The lowest BCUT2D eigenvalue weighted by Gasteiger charge is -2.21. The van der Waals surface area contributed by atoms with E-state index in [-0.39, 0.29) is 30.5 Å². The molecule has 1 aliphatic rings. The Balaban J connectivity index is 1.42. The highest BCUT2D eigenvalue weighted by Crippen LogP contribution is 2.29. The smallest absolute Gasteiger partial charge is 0.239 e. The summed E-state index contributed by atoms with van der Waals surface area (Å²) in [6.45, 7) is 0.882. The van der Waals surface area contributed by atoms with E-state index in [0.717, 1.165) is 0 Å². The summed E-state index contributed by atoms with van der Waals surface area (Å²) in [6.07, 6.45) is 2.05. The molecule has 2 aromatic carbocycles. The Morgan fingerprint density at radius 3 is 2.96 bits per heavy atom. The van der Waals surface area contributed by atoms with Gasteiger partial charge in [0.15, 0.2) is 12.2 Å². The number of hydrogen-bond acceptors (Lipinski definition) is 4. The molecule has 6 nitrogen and oxygen atoms in total. The lowest BCUT2D eigenvalue weighted by Crippen LogP contribution is -2.30. The molecule has 0 saturated carbocycles. The number of benzene rings is 2. The Morgan fingerprint density at radius 2 is 2.07 bits per heavy atom. The van der Waals surface area contributed by atoms with Crippen LogP contribution in [0.5, 0.6) is 5.75 Å². The van der Waals surface area contributed by atoms with Crippen molar-refractivity contribution >= 4 is 16.8 Å². The fraction of sp³-hybridized carbons (Fsp3) is 0.238. The standard InChI is InChI=1S/C21H19FN2O4/c22-16-9-14(21-15(10-16)12-27-13-28-21)5-7-23-20(26)11-24-8-6-19(25)17-3-1-2-4-18(17)24/h1-4,6,8-10H,5,7,11-13H2,(H,23,26). The molecular formula is C21H19FN2O4. The number of ether oxygens (including phenoxy) is 2. The number of rotatable bonds is 5. The molecule has 0 atom stereocenters. The second kappa shape index (κ2) is 7.82. The van der Waals surface area contributed by atoms with Gasteiger partial charge in [0.25, 0.3) is 0 Å². The predicted octanol–water partition coefficient (Wildman–Crippen LogP) is 2.37. The van der Waals surface area contributed by atoms with E-state index in [1.165, 1.54) is 18.2 Å². The average Bonchev–Trinajstić information content (AvgIpc) is 2.70. The summed E-state index contributed by atoms with van der Waals surface area (Å²) in [6, 6.07) is 11.4. The van der Waals surface area contributed by atoms with Gasteiger partial charge in [0.2, 0.25) is 5.91 Å². The van der Waals surface area contributed by atoms with E-state index in [9.17, 15) is 14.0 Å². The van der Waals surface area contributed by atoms with Crippen molar-refractivity contribution in [3.8, 4) is 5.75 Å². The van der Waals surface area contributed by atoms with Gasteiger partial charge in [0, 0.05) is 29.8 Å². The molecule has 0 aliphatic carbocycles. The monoisotopic (exact) mass is 382 g/mol. The van der Waals surface area contributed by atoms with Gasteiger partial charge >= 0.3 is 0 Å². The van der Waals surface area contributed by atoms with E-state index < -0.39 is 0 Å². The number of hydrogen-bond donors (Lipinski definition) is 1. The molecule has 4 rings (SSSR count). The topological polar surface area (TPSA) is 69.6 Å². The molecule has 0 unspecified atom stereocenters. The zero-order valence-corrected chi connectivity index (χ0v) is 15.1. The molecule has 1 amide bonds. The van der Waals surface area contributed by atoms with Crippen molar-refractivity contribution in [1.29, 1.82) is 0 Å². The number of halogens is 1. The minimum Gasteiger partial charge on any atom is -0.467 e. The van der Waals surface area contributed by atoms with Crippen LogP contribution >= 0.6 is 0 Å². The van der Waals surface area contributed by atoms with Crippen LogP contribution in [0.4, 0.5) is 4.39 Å². The van der Waals surface area contributed by atoms with Crippen molar-refractivity contribution in [3.05, 3.63) is 75.8 Å². The second-order valence-corrected chi connectivity index (χ2v) is 6.59. The van der Waals surface area contributed by atoms with Crippen molar-refractivity contribution in [3.63, 3.8) is 0 Å². The van der Waals surface area contributed by atoms with E-state index in [1.807, 2.05) is 12.1 Å². The molecule has 1 aromatic heterocycles. The molecule has 0 bridgehead atoms. The third-order valence-electron chi connectivity index (χ3n) is 4.67. The highest BCUT2D eigenvalue weighted by molar-refractivity contribution is 5.82. The number of para-hydroxylation sites is 1. The number of aromatic nitrogens is 1. The van der Waals surface area contributed by atoms with Crippen LogP contribution in [0.3, 0.4) is 0 Å². The maximum Gasteiger partial charge on any atom is 0.239 e. The van der Waals surface area contributed by atoms with Crippen molar-refractivity contribution in [1.82, 2.24) is 9.88 Å². The summed E-state index contributed by atoms with van der Waals surface area (Å²) in [5, 5.41) is 3.41. The Bertz CT molecular complexity index is 1090. The normalized spacial score (nSPS) is 13.0. The number of pyridine rings is 1. The Morgan fingerprint density at radius 1 is 1.21 bits per heavy atom. The summed E-state index contributed by atoms with van der Waals surface area (Å²) in [5.74, 6) is 0.0885. The van der Waals surface area contributed by atoms with Crippen LogP contribution in [0, 0.1) is 5.82 Å². The van der Waals surface area contributed by atoms with Crippen LogP contribution in [0.15, 0.2) is 53.5 Å². The van der Waals surface area contributed by atoms with Gasteiger partial charge < -0.3 is 19.4 Å². The number of nitrogens with one attached hydrogen (secondary N) is 1. The van der Waals surface area contributed by atoms with Gasteiger partial charge in [-0.25, -0.2) is 4.39 Å². The summed E-state index contributed by atoms with van der Waals surface area (Å²) < 4.78 is 26.2. The molecule has 1 N–H and O–H groups in total. The first-order valence-electron chi connectivity index (χ1n) is 8.98. The van der Waals surface area contributed by atoms with Crippen molar-refractivity contribution < 1.29 is 18.7 Å². The van der Waals surface area contributed by atoms with E-state index >= 15 is 0 Å². The molecule has 0 spiro atoms. The van der Waals surface area contributed by atoms with Gasteiger partial charge in [-0.3, -0.25) is 9.59 Å². The summed E-state index contributed by atoms with van der Waals surface area (Å²) >= 11 is 0. The molecule has 1 aliphatic heterocycles. The molecule has 28 heavy (non-hydrogen) atoms. The number of fused-ring (bicyclic) bond motifs is 2. The molecular weight excluding hydrogens is 363 g/mol. The van der Waals surface area contributed by atoms with Crippen molar-refractivity contribution in [2.45, 2.75) is 19.6 Å². The van der Waals surface area contributed by atoms with Crippen LogP contribution in [-0.2, 0) is 29.1 Å². The number of nitrogens with zero attached hydrogens (tertiary/aromatic N) is 1. The fourth-order valence-electron chi connectivity index (χ4n) is 3.39. The lowest BCUT2D eigenvalue weighted by molar-refractivity contribution is -0.121. The van der Waals surface area contributed by atoms with Crippen LogP contribution in [0.25, 0.3) is 10.9 Å². The molecule has 3 aromatic rings.